The van der Waals surface area contributed by atoms with Crippen LogP contribution < -0.4 is 0 Å². The molecule has 0 amide bonds. The maximum atomic E-state index is 12.2. The van der Waals surface area contributed by atoms with E-state index in [1.165, 1.54) is 5.56 Å². The van der Waals surface area contributed by atoms with Crippen LogP contribution in [0.25, 0.3) is 6.08 Å². The van der Waals surface area contributed by atoms with Crippen molar-refractivity contribution in [1.82, 2.24) is 0 Å². The van der Waals surface area contributed by atoms with Crippen LogP contribution >= 0.6 is 7.14 Å². The minimum absolute atomic E-state index is 0.853. The lowest BCUT2D eigenvalue weighted by Crippen LogP contribution is -1.95. The summed E-state index contributed by atoms with van der Waals surface area (Å²) in [6.45, 7) is 4.09. The summed E-state index contributed by atoms with van der Waals surface area (Å²) >= 11 is 0. The van der Waals surface area contributed by atoms with Crippen LogP contribution in [0.2, 0.25) is 0 Å². The first-order valence-corrected chi connectivity index (χ1v) is 8.75. The molecular weight excluding hydrogens is 227 g/mol. The Labute approximate surface area is 105 Å². The molecule has 1 aromatic rings. The van der Waals surface area contributed by atoms with Crippen molar-refractivity contribution in [3.05, 3.63) is 42.0 Å². The van der Waals surface area contributed by atoms with Gasteiger partial charge < -0.3 is 4.57 Å². The Kier molecular flexibility index (Phi) is 6.29. The van der Waals surface area contributed by atoms with Gasteiger partial charge in [-0.1, -0.05) is 56.3 Å². The molecule has 0 bridgehead atoms. The molecule has 0 radical (unpaired) electrons. The standard InChI is InChI=1S/C15H23OP/c1-3-17(16,4-2)14-10-6-9-13-15-11-7-5-8-12-15/h5,7-9,11-13H,3-4,6,10,14H2,1-2H3. The topological polar surface area (TPSA) is 17.1 Å². The van der Waals surface area contributed by atoms with E-state index in [2.05, 4.69) is 24.3 Å². The van der Waals surface area contributed by atoms with Gasteiger partial charge in [0.05, 0.1) is 7.14 Å². The molecule has 17 heavy (non-hydrogen) atoms. The number of hydrogen-bond donors (Lipinski definition) is 0. The SMILES string of the molecule is CCP(=O)(CC)CCCC=Cc1ccccc1. The Hall–Kier alpha value is -0.810. The molecule has 0 unspecified atom stereocenters. The first-order valence-electron chi connectivity index (χ1n) is 6.49. The highest BCUT2D eigenvalue weighted by Gasteiger charge is 2.15. The number of benzene rings is 1. The van der Waals surface area contributed by atoms with Crippen molar-refractivity contribution < 1.29 is 4.57 Å². The third-order valence-electron chi connectivity index (χ3n) is 3.20. The van der Waals surface area contributed by atoms with Crippen molar-refractivity contribution in [2.45, 2.75) is 26.7 Å². The molecule has 1 rings (SSSR count). The Balaban J connectivity index is 2.29. The van der Waals surface area contributed by atoms with Crippen molar-refractivity contribution >= 4 is 13.2 Å². The van der Waals surface area contributed by atoms with Crippen molar-refractivity contribution in [2.75, 3.05) is 18.5 Å². The van der Waals surface area contributed by atoms with Crippen molar-refractivity contribution in [3.63, 3.8) is 0 Å². The van der Waals surface area contributed by atoms with Gasteiger partial charge in [-0.25, -0.2) is 0 Å². The van der Waals surface area contributed by atoms with Crippen molar-refractivity contribution in [1.29, 1.82) is 0 Å². The number of hydrogen-bond acceptors (Lipinski definition) is 1. The van der Waals surface area contributed by atoms with Gasteiger partial charge in [0.1, 0.15) is 0 Å². The number of rotatable bonds is 7. The van der Waals surface area contributed by atoms with Crippen molar-refractivity contribution in [2.24, 2.45) is 0 Å². The van der Waals surface area contributed by atoms with E-state index in [4.69, 9.17) is 0 Å². The Morgan fingerprint density at radius 1 is 1.12 bits per heavy atom. The molecule has 0 saturated heterocycles. The van der Waals surface area contributed by atoms with Gasteiger partial charge >= 0.3 is 0 Å². The summed E-state index contributed by atoms with van der Waals surface area (Å²) in [6, 6.07) is 10.3. The summed E-state index contributed by atoms with van der Waals surface area (Å²) in [4.78, 5) is 0. The van der Waals surface area contributed by atoms with E-state index in [1.54, 1.807) is 0 Å². The predicted molar refractivity (Wildman–Crippen MR) is 78.3 cm³/mol. The second kappa shape index (κ2) is 7.50. The molecule has 0 atom stereocenters. The molecule has 1 aromatic carbocycles. The fourth-order valence-corrected chi connectivity index (χ4v) is 3.66. The van der Waals surface area contributed by atoms with E-state index in [9.17, 15) is 4.57 Å². The zero-order chi connectivity index (χ0) is 12.6. The van der Waals surface area contributed by atoms with Crippen LogP contribution in [0.4, 0.5) is 0 Å². The van der Waals surface area contributed by atoms with Gasteiger partial charge in [-0.15, -0.1) is 0 Å². The highest BCUT2D eigenvalue weighted by molar-refractivity contribution is 7.63. The molecule has 0 aliphatic carbocycles. The monoisotopic (exact) mass is 250 g/mol. The van der Waals surface area contributed by atoms with Crippen LogP contribution in [-0.4, -0.2) is 18.5 Å². The minimum Gasteiger partial charge on any atom is -0.324 e. The third-order valence-corrected chi connectivity index (χ3v) is 6.64. The zero-order valence-electron chi connectivity index (χ0n) is 10.9. The lowest BCUT2D eigenvalue weighted by molar-refractivity contribution is 0.574. The molecule has 1 nitrogen and oxygen atoms in total. The molecule has 94 valence electrons. The van der Waals surface area contributed by atoms with Crippen molar-refractivity contribution in [3.8, 4) is 0 Å². The van der Waals surface area contributed by atoms with Gasteiger partial charge in [-0.2, -0.15) is 0 Å². The molecule has 0 heterocycles. The summed E-state index contributed by atoms with van der Waals surface area (Å²) in [7, 11) is -1.83. The van der Waals surface area contributed by atoms with Crippen LogP contribution in [0, 0.1) is 0 Å². The molecule has 0 N–H and O–H groups in total. The second-order valence-corrected chi connectivity index (χ2v) is 8.20. The summed E-state index contributed by atoms with van der Waals surface area (Å²) in [5.41, 5.74) is 1.24. The van der Waals surface area contributed by atoms with Gasteiger partial charge in [-0.3, -0.25) is 0 Å². The van der Waals surface area contributed by atoms with Crippen LogP contribution in [0.15, 0.2) is 36.4 Å². The molecule has 0 spiro atoms. The van der Waals surface area contributed by atoms with E-state index in [0.717, 1.165) is 31.3 Å². The average Bonchev–Trinajstić information content (AvgIpc) is 2.39. The van der Waals surface area contributed by atoms with E-state index in [0.29, 0.717) is 0 Å². The Morgan fingerprint density at radius 2 is 1.76 bits per heavy atom. The molecule has 0 aliphatic heterocycles. The summed E-state index contributed by atoms with van der Waals surface area (Å²) in [5.74, 6) is 0. The van der Waals surface area contributed by atoms with Crippen LogP contribution in [0.5, 0.6) is 0 Å². The predicted octanol–water partition coefficient (Wildman–Crippen LogP) is 4.88. The van der Waals surface area contributed by atoms with E-state index in [1.807, 2.05) is 32.0 Å². The van der Waals surface area contributed by atoms with E-state index in [-0.39, 0.29) is 0 Å². The molecule has 0 aliphatic rings. The molecule has 0 aromatic heterocycles. The van der Waals surface area contributed by atoms with Gasteiger partial charge in [0.25, 0.3) is 0 Å². The maximum absolute atomic E-state index is 12.2. The summed E-state index contributed by atoms with van der Waals surface area (Å²) in [6.07, 6.45) is 9.01. The second-order valence-electron chi connectivity index (χ2n) is 4.37. The first kappa shape index (κ1) is 14.3. The lowest BCUT2D eigenvalue weighted by atomic mass is 10.2. The molecule has 0 fully saturated rings. The number of allylic oxidation sites excluding steroid dienone is 1. The van der Waals surface area contributed by atoms with E-state index >= 15 is 0 Å². The van der Waals surface area contributed by atoms with Gasteiger partial charge in [0, 0.05) is 6.16 Å². The fraction of sp³-hybridized carbons (Fsp3) is 0.467. The third kappa shape index (κ3) is 5.37. The zero-order valence-corrected chi connectivity index (χ0v) is 11.8. The van der Waals surface area contributed by atoms with Crippen LogP contribution in [-0.2, 0) is 4.57 Å². The molecule has 0 saturated carbocycles. The largest absolute Gasteiger partial charge is 0.324 e. The van der Waals surface area contributed by atoms with Gasteiger partial charge in [0.2, 0.25) is 0 Å². The maximum Gasteiger partial charge on any atom is 0.0872 e. The van der Waals surface area contributed by atoms with Gasteiger partial charge in [-0.05, 0) is 30.7 Å². The first-order chi connectivity index (χ1) is 8.20. The summed E-state index contributed by atoms with van der Waals surface area (Å²) < 4.78 is 12.2. The van der Waals surface area contributed by atoms with Crippen LogP contribution in [0.3, 0.4) is 0 Å². The fourth-order valence-electron chi connectivity index (χ4n) is 1.82. The smallest absolute Gasteiger partial charge is 0.0872 e. The number of unbranched alkanes of at least 4 members (excludes halogenated alkanes) is 1. The highest BCUT2D eigenvalue weighted by atomic mass is 31.2. The van der Waals surface area contributed by atoms with Crippen LogP contribution in [0.1, 0.15) is 32.3 Å². The van der Waals surface area contributed by atoms with E-state index < -0.39 is 7.14 Å². The van der Waals surface area contributed by atoms with Gasteiger partial charge in [0.15, 0.2) is 0 Å². The lowest BCUT2D eigenvalue weighted by Gasteiger charge is -2.12. The molecular formula is C15H23OP. The summed E-state index contributed by atoms with van der Waals surface area (Å²) in [5, 5.41) is 0. The Bertz CT molecular complexity index is 373. The average molecular weight is 250 g/mol. The molecule has 2 heteroatoms. The highest BCUT2D eigenvalue weighted by Crippen LogP contribution is 2.45. The normalized spacial score (nSPS) is 12.1. The quantitative estimate of drug-likeness (QED) is 0.497. The minimum atomic E-state index is -1.83. The Morgan fingerprint density at radius 3 is 2.35 bits per heavy atom.